The van der Waals surface area contributed by atoms with Crippen LogP contribution < -0.4 is 71.2 Å². The Morgan fingerprint density at radius 3 is 2.05 bits per heavy atom. The monoisotopic (exact) mass is 2060 g/mol. The lowest BCUT2D eigenvalue weighted by Gasteiger charge is -2.47. The maximum atomic E-state index is 15.2. The first kappa shape index (κ1) is 115. The first-order valence-electron chi connectivity index (χ1n) is 41.0. The summed E-state index contributed by atoms with van der Waals surface area (Å²) in [5, 5.41) is 135. The lowest BCUT2D eigenvalue weighted by molar-refractivity contribution is -0.372. The van der Waals surface area contributed by atoms with Gasteiger partial charge in [0, 0.05) is 79.2 Å². The molecule has 4 aromatic heterocycles. The van der Waals surface area contributed by atoms with Gasteiger partial charge in [-0.15, -0.1) is 50.8 Å². The van der Waals surface area contributed by atoms with Crippen molar-refractivity contribution in [3.05, 3.63) is 121 Å². The molecule has 2 saturated heterocycles. The summed E-state index contributed by atoms with van der Waals surface area (Å²) in [4.78, 5) is 164. The number of aliphatic hydroxyl groups is 9. The summed E-state index contributed by atoms with van der Waals surface area (Å²) in [5.41, 5.74) is 23.2. The Morgan fingerprint density at radius 2 is 1.47 bits per heavy atom. The van der Waals surface area contributed by atoms with Crippen molar-refractivity contribution in [2.75, 3.05) is 92.8 Å². The number of aromatic amines is 1. The first-order chi connectivity index (χ1) is 64.4. The number of imidazole rings is 1. The fourth-order valence-electron chi connectivity index (χ4n) is 12.7. The molecule has 2 aliphatic rings. The molecular formula is C78H107Cl2F4N22O27S4+. The molecule has 0 radical (unpaired) electrons. The maximum Gasteiger partial charge on any atom is 0.417 e. The minimum absolute atomic E-state index is 0.00498. The normalized spacial score (nSPS) is 20.6. The third-order valence-corrected chi connectivity index (χ3v) is 25.3. The lowest BCUT2D eigenvalue weighted by atomic mass is 9.96. The number of nitroso groups, excluding NO2 is 1. The van der Waals surface area contributed by atoms with Gasteiger partial charge in [0.25, 0.3) is 17.7 Å². The number of primary amides is 3. The third kappa shape index (κ3) is 33.5. The standard InChI is InChI=1S/C55H83N17O21S3.C18H14F4N2O4S.C5H9Cl2N3O2/c1-20-33(69-46(72-44(20)58)25(12-31(57)76)64-13-24(56)45(59)82)50(86)71-35(41(26-14-61-19-65-26)91-54-43(39(80)37(78)29(15-73)90-54)92-53-40(81)42(93-55(60)88)38(79)30(16-74)89-53)51(87)66-22(3)36(77)21(2)47(83)70-34(23(4)75)49(85)63-10-8-32-67-28(18-94-32)52-68-27(17-95-52)48(84)62-9-7-11-96(5)6;1-17(26,10-29(27,28)14-6-3-12(19)4-7-14)16(25)24-13-5-2-11(9-23)15(8-13)18(20,21)22;6-1-3-8-5(11)10(9-12)4-2-7/h14,17-19,21-25,29-30,34-43,53-54,64,73-75,77-81H,7-13,15-16,56H2,1-6H3,(H13-,57,58,59,60,61,62,63,65,66,69,70,71,72,76,82,83,84,85,86,87,88);2-8,26H,10H2,1H3,(H,24,25);1-4H2,(H,8,11)/p+1/t21-,22+,23+,24-,25-,29-,30-,34-,35-,36-,37-,38-,39+,40-,41-,42+,43-,53-,54-;17-;/m00./s1. The van der Waals surface area contributed by atoms with E-state index in [2.05, 4.69) is 84.9 Å². The van der Waals surface area contributed by atoms with Gasteiger partial charge in [0.15, 0.2) is 34.1 Å². The molecule has 59 heteroatoms. The second-order valence-electron chi connectivity index (χ2n) is 30.9. The number of alkyl halides is 5. The van der Waals surface area contributed by atoms with Crippen molar-refractivity contribution in [3.8, 4) is 16.8 Å². The number of carbonyl (C=O) groups excluding carboxylic acids is 10. The molecule has 0 bridgehead atoms. The lowest BCUT2D eigenvalue weighted by Crippen LogP contribution is -2.65. The molecule has 49 nitrogen and oxygen atoms in total. The van der Waals surface area contributed by atoms with Crippen molar-refractivity contribution in [2.24, 2.45) is 34.1 Å². The van der Waals surface area contributed by atoms with Crippen LogP contribution in [0.2, 0.25) is 0 Å². The van der Waals surface area contributed by atoms with Crippen LogP contribution in [0.3, 0.4) is 0 Å². The molecule has 0 spiro atoms. The summed E-state index contributed by atoms with van der Waals surface area (Å²) in [6.07, 6.45) is -24.8. The SMILES string of the molecule is C[C@](O)(CS(=O)(=O)c1ccc(F)cc1)C(=O)Nc1ccc(C#N)c(C(F)(F)F)c1.Cc1c(N)nc([C@H](CC(N)=O)NC[C@H](N)C(N)=O)nc1C(=O)N[C@H](C(=O)N[C@H](C)[C@@H](O)[C@H](C)C(=O)N[C@H](C(=O)NCCc1nc(-c2nc(C(=O)NCCC[S+](C)C)cs2)cs1)[C@@H](C)O)[C@@H](O[C@@H]1O[C@@H](CO)[C@H](O)[C@@H](O)[C@@H]1O[C@@H]1O[C@@H](CO)[C@H](O)[C@@H](OC(N)=O)[C@@H]1O)c1cnc[nH]1.O=NN(CCCl)C(=O)NCCCl. The van der Waals surface area contributed by atoms with Gasteiger partial charge >= 0.3 is 18.3 Å². The van der Waals surface area contributed by atoms with Gasteiger partial charge < -0.3 is 146 Å². The number of hydrogen-bond donors (Lipinski definition) is 23. The van der Waals surface area contributed by atoms with E-state index in [9.17, 15) is 120 Å². The Bertz CT molecular complexity index is 5240. The number of amides is 11. The number of H-pyrrole nitrogens is 1. The quantitative estimate of drug-likeness (QED) is 0.00333. The van der Waals surface area contributed by atoms with Crippen molar-refractivity contribution in [1.82, 2.24) is 72.1 Å². The summed E-state index contributed by atoms with van der Waals surface area (Å²) in [6.45, 7) is 4.45. The molecule has 8 rings (SSSR count). The van der Waals surface area contributed by atoms with Crippen molar-refractivity contribution in [3.63, 3.8) is 0 Å². The summed E-state index contributed by atoms with van der Waals surface area (Å²) in [6, 6.07) is -1.02. The number of halogens is 6. The van der Waals surface area contributed by atoms with Crippen LogP contribution in [0.1, 0.15) is 107 Å². The minimum atomic E-state index is -4.86. The molecule has 20 atom stereocenters. The van der Waals surface area contributed by atoms with Crippen molar-refractivity contribution < 1.29 is 144 Å². The summed E-state index contributed by atoms with van der Waals surface area (Å²) < 4.78 is 105. The zero-order valence-electron chi connectivity index (χ0n) is 74.0. The highest BCUT2D eigenvalue weighted by Gasteiger charge is 2.54. The molecule has 2 aliphatic heterocycles. The highest BCUT2D eigenvalue weighted by Crippen LogP contribution is 2.37. The van der Waals surface area contributed by atoms with E-state index in [0.717, 1.165) is 68.0 Å². The Kier molecular flexibility index (Phi) is 44.8. The van der Waals surface area contributed by atoms with Crippen LogP contribution in [-0.2, 0) is 85.8 Å². The van der Waals surface area contributed by atoms with E-state index >= 15 is 4.79 Å². The van der Waals surface area contributed by atoms with E-state index < -0.39 is 239 Å². The average Bonchev–Trinajstić information content (AvgIpc) is 1.26. The van der Waals surface area contributed by atoms with E-state index in [1.54, 1.807) is 10.8 Å². The largest absolute Gasteiger partial charge is 0.441 e. The van der Waals surface area contributed by atoms with E-state index in [1.165, 1.54) is 56.4 Å². The van der Waals surface area contributed by atoms with Gasteiger partial charge in [-0.05, 0) is 81.1 Å². The van der Waals surface area contributed by atoms with Gasteiger partial charge in [0.05, 0.1) is 125 Å². The molecule has 11 amide bonds. The van der Waals surface area contributed by atoms with Crippen LogP contribution in [0.4, 0.5) is 38.7 Å². The molecule has 6 heterocycles. The van der Waals surface area contributed by atoms with Crippen molar-refractivity contribution in [1.29, 1.82) is 5.26 Å². The molecule has 2 aromatic carbocycles. The number of nitrogens with zero attached hydrogens (tertiary/aromatic N) is 8. The Morgan fingerprint density at radius 1 is 0.803 bits per heavy atom. The number of carbonyl (C=O) groups is 10. The number of hydrogen-bond acceptors (Lipinski definition) is 39. The topological polar surface area (TPSA) is 796 Å². The fourth-order valence-corrected chi connectivity index (χ4v) is 16.9. The van der Waals surface area contributed by atoms with Crippen molar-refractivity contribution in [2.45, 2.75) is 180 Å². The summed E-state index contributed by atoms with van der Waals surface area (Å²) >= 11 is 13.1. The van der Waals surface area contributed by atoms with Crippen molar-refractivity contribution >= 4 is 137 Å². The molecular weight excluding hydrogens is 1950 g/mol. The van der Waals surface area contributed by atoms with Crippen LogP contribution in [0.15, 0.2) is 75.9 Å². The Hall–Kier alpha value is -10.8. The van der Waals surface area contributed by atoms with Gasteiger partial charge in [-0.1, -0.05) is 6.92 Å². The number of nitrogens with one attached hydrogen (secondary N) is 9. The number of benzene rings is 2. The van der Waals surface area contributed by atoms with Gasteiger partial charge in [-0.3, -0.25) is 38.4 Å². The number of urea groups is 1. The number of anilines is 2. The maximum absolute atomic E-state index is 15.2. The van der Waals surface area contributed by atoms with Gasteiger partial charge in [-0.2, -0.15) is 23.4 Å². The smallest absolute Gasteiger partial charge is 0.417 e. The number of nitriles is 1. The third-order valence-electron chi connectivity index (χ3n) is 20.1. The van der Waals surface area contributed by atoms with E-state index in [0.29, 0.717) is 45.8 Å². The number of thiazole rings is 2. The zero-order valence-corrected chi connectivity index (χ0v) is 78.7. The number of nitrogens with two attached hydrogens (primary N) is 5. The molecule has 0 aliphatic carbocycles. The number of ether oxygens (including phenoxy) is 5. The second kappa shape index (κ2) is 53.4. The number of nitrogen functional groups attached to an aromatic ring is 1. The van der Waals surface area contributed by atoms with Gasteiger partial charge in [-0.25, -0.2) is 47.3 Å². The number of sulfone groups is 1. The van der Waals surface area contributed by atoms with Crippen LogP contribution >= 0.6 is 45.9 Å². The predicted molar refractivity (Wildman–Crippen MR) is 480 cm³/mol. The van der Waals surface area contributed by atoms with Crippen LogP contribution in [0.5, 0.6) is 0 Å². The molecule has 0 saturated carbocycles. The van der Waals surface area contributed by atoms with E-state index in [-0.39, 0.29) is 87.9 Å². The average molecular weight is 2060 g/mol. The highest BCUT2D eigenvalue weighted by atomic mass is 35.5. The fraction of sp³-hybridized carbons (Fsp3) is 0.538. The summed E-state index contributed by atoms with van der Waals surface area (Å²) in [7, 11) is -3.96. The molecule has 28 N–H and O–H groups in total. The minimum Gasteiger partial charge on any atom is -0.441 e. The molecule has 137 heavy (non-hydrogen) atoms. The number of aliphatic hydroxyl groups excluding tert-OH is 8. The number of rotatable bonds is 45. The zero-order chi connectivity index (χ0) is 102. The highest BCUT2D eigenvalue weighted by molar-refractivity contribution is 7.95. The molecule has 0 unspecified atom stereocenters. The first-order valence-corrected chi connectivity index (χ1v) is 47.7. The van der Waals surface area contributed by atoms with Gasteiger partial charge in [0.2, 0.25) is 29.5 Å². The van der Waals surface area contributed by atoms with Gasteiger partial charge in [0.1, 0.15) is 106 Å². The van der Waals surface area contributed by atoms with Crippen LogP contribution in [0.25, 0.3) is 10.7 Å². The number of aromatic nitrogens is 6. The van der Waals surface area contributed by atoms with E-state index in [1.807, 2.05) is 5.32 Å². The second-order valence-corrected chi connectivity index (χ2v) is 37.9. The van der Waals surface area contributed by atoms with Crippen LogP contribution in [-0.4, -0.2) is 334 Å². The Balaban J connectivity index is 0.000000574. The predicted octanol–water partition coefficient (Wildman–Crippen LogP) is -3.67. The Labute approximate surface area is 799 Å². The molecule has 756 valence electrons. The van der Waals surface area contributed by atoms with E-state index in [4.69, 9.17) is 80.8 Å². The molecule has 2 fully saturated rings. The summed E-state index contributed by atoms with van der Waals surface area (Å²) in [5.74, 6) is -10.3. The molecule has 6 aromatic rings. The van der Waals surface area contributed by atoms with Crippen LogP contribution in [0, 0.1) is 34.9 Å².